The van der Waals surface area contributed by atoms with Gasteiger partial charge in [-0.25, -0.2) is 8.42 Å². The van der Waals surface area contributed by atoms with Gasteiger partial charge in [0.05, 0.1) is 15.1 Å². The van der Waals surface area contributed by atoms with E-state index in [2.05, 4.69) is 0 Å². The summed E-state index contributed by atoms with van der Waals surface area (Å²) in [5, 5.41) is 0.864. The topological polar surface area (TPSA) is 59.8 Å². The molecule has 0 atom stereocenters. The van der Waals surface area contributed by atoms with Crippen molar-refractivity contribution in [1.82, 2.24) is 4.31 Å². The summed E-state index contributed by atoms with van der Waals surface area (Å²) in [6.45, 7) is 1.06. The van der Waals surface area contributed by atoms with Crippen molar-refractivity contribution in [3.63, 3.8) is 0 Å². The first-order valence-electron chi connectivity index (χ1n) is 7.24. The molecule has 2 heterocycles. The first-order valence-corrected chi connectivity index (χ1v) is 9.81. The van der Waals surface area contributed by atoms with E-state index >= 15 is 0 Å². The number of nitrogens with zero attached hydrogens (tertiary/aromatic N) is 1. The zero-order valence-corrected chi connectivity index (χ0v) is 15.6. The van der Waals surface area contributed by atoms with Crippen molar-refractivity contribution in [2.24, 2.45) is 0 Å². The van der Waals surface area contributed by atoms with Gasteiger partial charge in [0, 0.05) is 19.2 Å². The van der Waals surface area contributed by atoms with Crippen LogP contribution in [0.15, 0.2) is 33.8 Å². The molecule has 1 aliphatic rings. The van der Waals surface area contributed by atoms with E-state index in [0.29, 0.717) is 39.7 Å². The molecule has 3 rings (SSSR count). The number of sulfonamides is 1. The lowest BCUT2D eigenvalue weighted by atomic mass is 10.3. The second kappa shape index (κ2) is 7.14. The zero-order valence-electron chi connectivity index (χ0n) is 12.5. The second-order valence-electron chi connectivity index (χ2n) is 5.32. The van der Waals surface area contributed by atoms with Crippen molar-refractivity contribution in [2.75, 3.05) is 13.1 Å². The normalized spacial score (nSPS) is 15.8. The van der Waals surface area contributed by atoms with Gasteiger partial charge in [0.25, 0.3) is 10.0 Å². The van der Waals surface area contributed by atoms with E-state index in [1.807, 2.05) is 0 Å². The summed E-state index contributed by atoms with van der Waals surface area (Å²) >= 11 is 17.8. The maximum atomic E-state index is 12.4. The largest absolute Gasteiger partial charge is 0.484 e. The maximum absolute atomic E-state index is 12.4. The molecule has 0 N–H and O–H groups in total. The summed E-state index contributed by atoms with van der Waals surface area (Å²) in [6, 6.07) is 5.97. The van der Waals surface area contributed by atoms with Crippen LogP contribution in [-0.4, -0.2) is 25.8 Å². The minimum absolute atomic E-state index is 0.0210. The predicted molar refractivity (Wildman–Crippen MR) is 92.5 cm³/mol. The molecular formula is C15H14Cl3NO4S. The Labute approximate surface area is 155 Å². The molecule has 0 spiro atoms. The van der Waals surface area contributed by atoms with Crippen molar-refractivity contribution in [3.8, 4) is 5.75 Å². The number of ether oxygens (including phenoxy) is 1. The van der Waals surface area contributed by atoms with E-state index in [0.717, 1.165) is 12.8 Å². The smallest absolute Gasteiger partial charge is 0.276 e. The monoisotopic (exact) mass is 409 g/mol. The summed E-state index contributed by atoms with van der Waals surface area (Å²) in [6.07, 6.45) is 1.73. The Kier molecular flexibility index (Phi) is 5.32. The van der Waals surface area contributed by atoms with Crippen LogP contribution in [0.3, 0.4) is 0 Å². The van der Waals surface area contributed by atoms with Crippen LogP contribution in [0.4, 0.5) is 0 Å². The van der Waals surface area contributed by atoms with Gasteiger partial charge < -0.3 is 9.15 Å². The highest BCUT2D eigenvalue weighted by Gasteiger charge is 2.30. The van der Waals surface area contributed by atoms with Gasteiger partial charge in [-0.3, -0.25) is 0 Å². The van der Waals surface area contributed by atoms with Crippen molar-refractivity contribution in [3.05, 3.63) is 45.1 Å². The summed E-state index contributed by atoms with van der Waals surface area (Å²) in [4.78, 5) is 0. The van der Waals surface area contributed by atoms with Crippen LogP contribution in [0.2, 0.25) is 15.1 Å². The summed E-state index contributed by atoms with van der Waals surface area (Å²) < 4.78 is 37.2. The third kappa shape index (κ3) is 3.68. The summed E-state index contributed by atoms with van der Waals surface area (Å²) in [5.41, 5.74) is 0. The number of rotatable bonds is 5. The second-order valence-corrected chi connectivity index (χ2v) is 8.41. The predicted octanol–water partition coefficient (Wildman–Crippen LogP) is 4.60. The molecule has 2 aromatic rings. The number of benzene rings is 1. The van der Waals surface area contributed by atoms with Gasteiger partial charge in [0.15, 0.2) is 0 Å². The van der Waals surface area contributed by atoms with E-state index in [-0.39, 0.29) is 11.7 Å². The Balaban J connectivity index is 1.72. The molecule has 0 unspecified atom stereocenters. The summed E-state index contributed by atoms with van der Waals surface area (Å²) in [5.74, 6) is 0.710. The lowest BCUT2D eigenvalue weighted by molar-refractivity contribution is 0.256. The Bertz CT molecular complexity index is 844. The third-order valence-corrected chi connectivity index (χ3v) is 6.43. The molecule has 24 heavy (non-hydrogen) atoms. The number of hydrogen-bond acceptors (Lipinski definition) is 4. The lowest BCUT2D eigenvalue weighted by Gasteiger charge is -2.12. The lowest BCUT2D eigenvalue weighted by Crippen LogP contribution is -2.27. The van der Waals surface area contributed by atoms with Crippen molar-refractivity contribution < 1.29 is 17.6 Å². The molecule has 5 nitrogen and oxygen atoms in total. The first-order chi connectivity index (χ1) is 11.4. The van der Waals surface area contributed by atoms with Crippen LogP contribution >= 0.6 is 34.8 Å². The van der Waals surface area contributed by atoms with E-state index in [1.54, 1.807) is 6.07 Å². The molecule has 0 saturated carbocycles. The van der Waals surface area contributed by atoms with Crippen molar-refractivity contribution >= 4 is 44.8 Å². The Hall–Kier alpha value is -0.920. The fourth-order valence-corrected chi connectivity index (χ4v) is 4.43. The van der Waals surface area contributed by atoms with Gasteiger partial charge in [-0.05, 0) is 31.0 Å². The highest BCUT2D eigenvalue weighted by Crippen LogP contribution is 2.34. The minimum Gasteiger partial charge on any atom is -0.484 e. The van der Waals surface area contributed by atoms with E-state index < -0.39 is 10.0 Å². The molecule has 1 aromatic carbocycles. The van der Waals surface area contributed by atoms with Gasteiger partial charge in [0.1, 0.15) is 18.1 Å². The van der Waals surface area contributed by atoms with Gasteiger partial charge in [-0.15, -0.1) is 0 Å². The zero-order chi connectivity index (χ0) is 17.3. The molecule has 0 amide bonds. The standard InChI is InChI=1S/C15H14Cl3NO4S/c16-11-7-13(18)14(8-12(11)17)22-9-10-3-4-15(23-10)24(20,21)19-5-1-2-6-19/h3-4,7-8H,1-2,5-6,9H2. The Morgan fingerprint density at radius 3 is 2.42 bits per heavy atom. The van der Waals surface area contributed by atoms with Gasteiger partial charge >= 0.3 is 0 Å². The molecule has 1 saturated heterocycles. The minimum atomic E-state index is -3.57. The molecule has 0 radical (unpaired) electrons. The van der Waals surface area contributed by atoms with Crippen LogP contribution < -0.4 is 4.74 Å². The fourth-order valence-electron chi connectivity index (χ4n) is 2.39. The van der Waals surface area contributed by atoms with Crippen LogP contribution in [0, 0.1) is 0 Å². The average molecular weight is 411 g/mol. The summed E-state index contributed by atoms with van der Waals surface area (Å²) in [7, 11) is -3.57. The fraction of sp³-hybridized carbons (Fsp3) is 0.333. The molecule has 1 aliphatic heterocycles. The highest BCUT2D eigenvalue weighted by atomic mass is 35.5. The van der Waals surface area contributed by atoms with Crippen LogP contribution in [-0.2, 0) is 16.6 Å². The van der Waals surface area contributed by atoms with Crippen LogP contribution in [0.5, 0.6) is 5.75 Å². The molecule has 1 aromatic heterocycles. The number of furan rings is 1. The van der Waals surface area contributed by atoms with E-state index in [1.165, 1.54) is 22.5 Å². The van der Waals surface area contributed by atoms with E-state index in [9.17, 15) is 8.42 Å². The maximum Gasteiger partial charge on any atom is 0.276 e. The number of hydrogen-bond donors (Lipinski definition) is 0. The van der Waals surface area contributed by atoms with Gasteiger partial charge in [-0.1, -0.05) is 34.8 Å². The SMILES string of the molecule is O=S(=O)(c1ccc(COc2cc(Cl)c(Cl)cc2Cl)o1)N1CCCC1. The molecule has 0 bridgehead atoms. The number of halogens is 3. The van der Waals surface area contributed by atoms with Crippen LogP contribution in [0.1, 0.15) is 18.6 Å². The van der Waals surface area contributed by atoms with Crippen molar-refractivity contribution in [2.45, 2.75) is 24.5 Å². The first kappa shape index (κ1) is 17.9. The van der Waals surface area contributed by atoms with Gasteiger partial charge in [0.2, 0.25) is 5.09 Å². The Morgan fingerprint density at radius 2 is 1.71 bits per heavy atom. The average Bonchev–Trinajstić information content (AvgIpc) is 3.21. The molecule has 130 valence electrons. The Morgan fingerprint density at radius 1 is 1.04 bits per heavy atom. The van der Waals surface area contributed by atoms with Crippen molar-refractivity contribution in [1.29, 1.82) is 0 Å². The molecular weight excluding hydrogens is 397 g/mol. The van der Waals surface area contributed by atoms with E-state index in [4.69, 9.17) is 44.0 Å². The third-order valence-electron chi connectivity index (χ3n) is 3.64. The highest BCUT2D eigenvalue weighted by molar-refractivity contribution is 7.89. The van der Waals surface area contributed by atoms with Crippen LogP contribution in [0.25, 0.3) is 0 Å². The molecule has 1 fully saturated rings. The quantitative estimate of drug-likeness (QED) is 0.676. The molecule has 9 heteroatoms. The van der Waals surface area contributed by atoms with Gasteiger partial charge in [-0.2, -0.15) is 4.31 Å². The molecule has 0 aliphatic carbocycles.